The molecule has 0 saturated carbocycles. The van der Waals surface area contributed by atoms with Gasteiger partial charge in [0.15, 0.2) is 0 Å². The number of nitrogens with zero attached hydrogens (tertiary/aromatic N) is 2. The molecular formula is C27H19N3O. The van der Waals surface area contributed by atoms with Crippen molar-refractivity contribution in [2.45, 2.75) is 6.61 Å². The lowest BCUT2D eigenvalue weighted by atomic mass is 10.1. The Kier molecular flexibility index (Phi) is 4.92. The van der Waals surface area contributed by atoms with Crippen LogP contribution in [0.2, 0.25) is 0 Å². The fourth-order valence-electron chi connectivity index (χ4n) is 3.69. The second-order valence-corrected chi connectivity index (χ2v) is 7.24. The number of hydrogen-bond donors (Lipinski definition) is 1. The Bertz CT molecular complexity index is 1420. The first-order valence-corrected chi connectivity index (χ1v) is 10.1. The Balaban J connectivity index is 1.46. The van der Waals surface area contributed by atoms with E-state index in [4.69, 9.17) is 4.74 Å². The fraction of sp³-hybridized carbons (Fsp3) is 0.0370. The molecule has 5 rings (SSSR count). The number of nitrogens with one attached hydrogen (secondary N) is 1. The molecule has 5 aromatic rings. The number of H-pyrrole nitrogens is 1. The van der Waals surface area contributed by atoms with Crippen LogP contribution in [0.1, 0.15) is 17.0 Å². The summed E-state index contributed by atoms with van der Waals surface area (Å²) in [5.41, 5.74) is 4.14. The minimum atomic E-state index is 0.443. The summed E-state index contributed by atoms with van der Waals surface area (Å²) in [6.07, 6.45) is 1.82. The van der Waals surface area contributed by atoms with E-state index in [1.165, 1.54) is 10.8 Å². The van der Waals surface area contributed by atoms with Crippen LogP contribution in [0.25, 0.3) is 33.5 Å². The molecule has 1 aromatic heterocycles. The van der Waals surface area contributed by atoms with Gasteiger partial charge in [-0.2, -0.15) is 5.26 Å². The van der Waals surface area contributed by atoms with Gasteiger partial charge in [0.05, 0.1) is 16.6 Å². The summed E-state index contributed by atoms with van der Waals surface area (Å²) >= 11 is 0. The van der Waals surface area contributed by atoms with Crippen LogP contribution in [0.3, 0.4) is 0 Å². The highest BCUT2D eigenvalue weighted by Gasteiger charge is 2.10. The van der Waals surface area contributed by atoms with E-state index in [-0.39, 0.29) is 0 Å². The summed E-state index contributed by atoms with van der Waals surface area (Å²) in [5, 5.41) is 12.1. The highest BCUT2D eigenvalue weighted by atomic mass is 16.5. The molecule has 4 heteroatoms. The van der Waals surface area contributed by atoms with Crippen molar-refractivity contribution in [3.8, 4) is 11.8 Å². The summed E-state index contributed by atoms with van der Waals surface area (Å²) < 4.78 is 6.19. The molecule has 4 aromatic carbocycles. The SMILES string of the molecule is N#C/C(=C\c1ccccc1OCc1cccc2ccccc12)c1nc2ccccc2[nH]1. The minimum Gasteiger partial charge on any atom is -0.488 e. The molecule has 0 aliphatic carbocycles. The third-order valence-corrected chi connectivity index (χ3v) is 5.25. The van der Waals surface area contributed by atoms with Gasteiger partial charge in [0.1, 0.15) is 24.3 Å². The summed E-state index contributed by atoms with van der Waals surface area (Å²) in [7, 11) is 0. The standard InChI is InChI=1S/C27H19N3O/c28-17-22(27-29-24-13-4-5-14-25(24)30-27)16-20-9-2-6-15-26(20)31-18-21-11-7-10-19-8-1-3-12-23(19)21/h1-16H,18H2,(H,29,30)/b22-16+. The first kappa shape index (κ1) is 18.7. The average Bonchev–Trinajstić information content (AvgIpc) is 3.26. The van der Waals surface area contributed by atoms with E-state index in [0.717, 1.165) is 27.9 Å². The molecular weight excluding hydrogens is 382 g/mol. The van der Waals surface area contributed by atoms with Gasteiger partial charge < -0.3 is 9.72 Å². The van der Waals surface area contributed by atoms with Gasteiger partial charge >= 0.3 is 0 Å². The zero-order valence-electron chi connectivity index (χ0n) is 16.7. The molecule has 1 N–H and O–H groups in total. The Morgan fingerprint density at radius 2 is 1.68 bits per heavy atom. The normalized spacial score (nSPS) is 11.5. The number of benzene rings is 4. The first-order chi connectivity index (χ1) is 15.3. The van der Waals surface area contributed by atoms with Gasteiger partial charge in [-0.05, 0) is 40.6 Å². The molecule has 4 nitrogen and oxygen atoms in total. The van der Waals surface area contributed by atoms with Crippen LogP contribution in [-0.2, 0) is 6.61 Å². The topological polar surface area (TPSA) is 61.7 Å². The Hall–Kier alpha value is -4.36. The van der Waals surface area contributed by atoms with Crippen molar-refractivity contribution in [2.75, 3.05) is 0 Å². The summed E-state index contributed by atoms with van der Waals surface area (Å²) in [4.78, 5) is 7.77. The van der Waals surface area contributed by atoms with E-state index >= 15 is 0 Å². The van der Waals surface area contributed by atoms with Crippen molar-refractivity contribution in [1.82, 2.24) is 9.97 Å². The Morgan fingerprint density at radius 1 is 0.903 bits per heavy atom. The number of rotatable bonds is 5. The van der Waals surface area contributed by atoms with Gasteiger partial charge in [0.2, 0.25) is 0 Å². The summed E-state index contributed by atoms with van der Waals surface area (Å²) in [5.74, 6) is 1.27. The molecule has 0 aliphatic rings. The summed E-state index contributed by atoms with van der Waals surface area (Å²) in [6.45, 7) is 0.443. The first-order valence-electron chi connectivity index (χ1n) is 10.1. The van der Waals surface area contributed by atoms with Gasteiger partial charge in [0.25, 0.3) is 0 Å². The van der Waals surface area contributed by atoms with Crippen LogP contribution < -0.4 is 4.74 Å². The number of allylic oxidation sites excluding steroid dienone is 1. The number of aromatic nitrogens is 2. The van der Waals surface area contributed by atoms with E-state index in [1.54, 1.807) is 0 Å². The number of nitriles is 1. The highest BCUT2D eigenvalue weighted by molar-refractivity contribution is 5.91. The zero-order chi connectivity index (χ0) is 21.0. The van der Waals surface area contributed by atoms with Crippen LogP contribution in [0.5, 0.6) is 5.75 Å². The smallest absolute Gasteiger partial charge is 0.149 e. The highest BCUT2D eigenvalue weighted by Crippen LogP contribution is 2.27. The van der Waals surface area contributed by atoms with Crippen molar-refractivity contribution >= 4 is 33.5 Å². The number of fused-ring (bicyclic) bond motifs is 2. The molecule has 0 atom stereocenters. The lowest BCUT2D eigenvalue weighted by Crippen LogP contribution is -1.98. The molecule has 0 fully saturated rings. The van der Waals surface area contributed by atoms with Gasteiger partial charge in [-0.25, -0.2) is 4.98 Å². The maximum atomic E-state index is 9.76. The van der Waals surface area contributed by atoms with Crippen molar-refractivity contribution < 1.29 is 4.74 Å². The van der Waals surface area contributed by atoms with Gasteiger partial charge in [0, 0.05) is 5.56 Å². The van der Waals surface area contributed by atoms with Crippen LogP contribution in [-0.4, -0.2) is 9.97 Å². The summed E-state index contributed by atoms with van der Waals surface area (Å²) in [6, 6.07) is 32.2. The minimum absolute atomic E-state index is 0.443. The van der Waals surface area contributed by atoms with E-state index in [0.29, 0.717) is 18.0 Å². The molecule has 0 unspecified atom stereocenters. The predicted octanol–water partition coefficient (Wildman–Crippen LogP) is 6.36. The largest absolute Gasteiger partial charge is 0.488 e. The van der Waals surface area contributed by atoms with E-state index in [1.807, 2.05) is 72.8 Å². The molecule has 0 spiro atoms. The molecule has 0 amide bonds. The molecule has 0 aliphatic heterocycles. The van der Waals surface area contributed by atoms with Crippen molar-refractivity contribution in [1.29, 1.82) is 5.26 Å². The number of aromatic amines is 1. The second kappa shape index (κ2) is 8.17. The fourth-order valence-corrected chi connectivity index (χ4v) is 3.69. The maximum absolute atomic E-state index is 9.76. The van der Waals surface area contributed by atoms with Gasteiger partial charge in [-0.15, -0.1) is 0 Å². The number of ether oxygens (including phenoxy) is 1. The van der Waals surface area contributed by atoms with Crippen molar-refractivity contribution in [3.05, 3.63) is 108 Å². The van der Waals surface area contributed by atoms with Crippen LogP contribution >= 0.6 is 0 Å². The lowest BCUT2D eigenvalue weighted by Gasteiger charge is -2.11. The molecule has 0 radical (unpaired) electrons. The van der Waals surface area contributed by atoms with E-state index in [2.05, 4.69) is 40.3 Å². The number of imidazole rings is 1. The number of para-hydroxylation sites is 3. The third-order valence-electron chi connectivity index (χ3n) is 5.25. The Labute approximate surface area is 180 Å². The zero-order valence-corrected chi connectivity index (χ0v) is 16.7. The molecule has 0 saturated heterocycles. The second-order valence-electron chi connectivity index (χ2n) is 7.24. The number of hydrogen-bond acceptors (Lipinski definition) is 3. The van der Waals surface area contributed by atoms with E-state index in [9.17, 15) is 5.26 Å². The third kappa shape index (κ3) is 3.77. The van der Waals surface area contributed by atoms with Crippen molar-refractivity contribution in [3.63, 3.8) is 0 Å². The molecule has 148 valence electrons. The molecule has 31 heavy (non-hydrogen) atoms. The Morgan fingerprint density at radius 3 is 2.58 bits per heavy atom. The van der Waals surface area contributed by atoms with Crippen molar-refractivity contribution in [2.24, 2.45) is 0 Å². The quantitative estimate of drug-likeness (QED) is 0.349. The van der Waals surface area contributed by atoms with Crippen LogP contribution in [0.15, 0.2) is 91.0 Å². The maximum Gasteiger partial charge on any atom is 0.149 e. The van der Waals surface area contributed by atoms with Crippen LogP contribution in [0, 0.1) is 11.3 Å². The predicted molar refractivity (Wildman–Crippen MR) is 124 cm³/mol. The molecule has 1 heterocycles. The monoisotopic (exact) mass is 401 g/mol. The van der Waals surface area contributed by atoms with Crippen LogP contribution in [0.4, 0.5) is 0 Å². The lowest BCUT2D eigenvalue weighted by molar-refractivity contribution is 0.307. The average molecular weight is 401 g/mol. The molecule has 0 bridgehead atoms. The van der Waals surface area contributed by atoms with Gasteiger partial charge in [-0.3, -0.25) is 0 Å². The van der Waals surface area contributed by atoms with Gasteiger partial charge in [-0.1, -0.05) is 72.8 Å². The van der Waals surface area contributed by atoms with E-state index < -0.39 is 0 Å².